The molecule has 0 spiro atoms. The second kappa shape index (κ2) is 7.77. The van der Waals surface area contributed by atoms with E-state index in [1.54, 1.807) is 23.9 Å². The molecular weight excluding hydrogens is 318 g/mol. The van der Waals surface area contributed by atoms with E-state index in [1.165, 1.54) is 12.1 Å². The van der Waals surface area contributed by atoms with E-state index in [-0.39, 0.29) is 5.69 Å². The van der Waals surface area contributed by atoms with Crippen LogP contribution < -0.4 is 10.6 Å². The number of anilines is 1. The average Bonchev–Trinajstić information content (AvgIpc) is 2.50. The van der Waals surface area contributed by atoms with Crippen molar-refractivity contribution < 1.29 is 4.92 Å². The Balaban J connectivity index is 1.98. The van der Waals surface area contributed by atoms with Crippen LogP contribution in [-0.2, 0) is 0 Å². The summed E-state index contributed by atoms with van der Waals surface area (Å²) in [6, 6.07) is 14.3. The molecule has 2 N–H and O–H groups in total. The van der Waals surface area contributed by atoms with E-state index in [9.17, 15) is 10.1 Å². The number of nitro benzene ring substituents is 1. The van der Waals surface area contributed by atoms with Crippen LogP contribution in [0.4, 0.5) is 11.4 Å². The Hall–Kier alpha value is -2.12. The number of rotatable bonds is 5. The van der Waals surface area contributed by atoms with E-state index in [1.807, 2.05) is 31.2 Å². The molecule has 5 nitrogen and oxygen atoms in total. The Labute approximate surface area is 138 Å². The summed E-state index contributed by atoms with van der Waals surface area (Å²) in [4.78, 5) is 12.2. The minimum atomic E-state index is -0.401. The Morgan fingerprint density at radius 3 is 2.18 bits per heavy atom. The summed E-state index contributed by atoms with van der Waals surface area (Å²) >= 11 is 6.67. The molecule has 0 aromatic heterocycles. The number of hydrogen-bond acceptors (Lipinski definition) is 4. The maximum atomic E-state index is 10.6. The van der Waals surface area contributed by atoms with Crippen molar-refractivity contribution in [1.29, 1.82) is 0 Å². The van der Waals surface area contributed by atoms with Crippen molar-refractivity contribution in [2.24, 2.45) is 0 Å². The number of nitro groups is 1. The predicted molar refractivity (Wildman–Crippen MR) is 93.6 cm³/mol. The summed E-state index contributed by atoms with van der Waals surface area (Å²) in [6.45, 7) is 2.76. The molecule has 2 aromatic rings. The quantitative estimate of drug-likeness (QED) is 0.489. The van der Waals surface area contributed by atoms with Crippen molar-refractivity contribution in [1.82, 2.24) is 5.32 Å². The van der Waals surface area contributed by atoms with Crippen LogP contribution >= 0.6 is 24.0 Å². The Kier molecular flexibility index (Phi) is 5.74. The molecule has 2 rings (SSSR count). The minimum Gasteiger partial charge on any atom is -0.363 e. The number of benzene rings is 2. The van der Waals surface area contributed by atoms with Crippen LogP contribution in [0.1, 0.15) is 6.92 Å². The smallest absolute Gasteiger partial charge is 0.269 e. The molecule has 0 fully saturated rings. The van der Waals surface area contributed by atoms with Crippen molar-refractivity contribution in [3.05, 3.63) is 58.6 Å². The molecule has 114 valence electrons. The molecule has 0 aliphatic heterocycles. The van der Waals surface area contributed by atoms with Crippen molar-refractivity contribution >= 4 is 40.5 Å². The topological polar surface area (TPSA) is 67.2 Å². The maximum absolute atomic E-state index is 10.6. The molecule has 22 heavy (non-hydrogen) atoms. The van der Waals surface area contributed by atoms with Gasteiger partial charge in [-0.15, -0.1) is 0 Å². The molecule has 0 heterocycles. The van der Waals surface area contributed by atoms with E-state index in [2.05, 4.69) is 10.6 Å². The molecular formula is C15H15N3O2S2. The molecule has 0 amide bonds. The van der Waals surface area contributed by atoms with Gasteiger partial charge in [-0.3, -0.25) is 10.1 Å². The average molecular weight is 333 g/mol. The lowest BCUT2D eigenvalue weighted by Crippen LogP contribution is -2.27. The third kappa shape index (κ3) is 4.71. The van der Waals surface area contributed by atoms with Crippen LogP contribution in [0.15, 0.2) is 58.3 Å². The highest BCUT2D eigenvalue weighted by Gasteiger charge is 2.05. The standard InChI is InChI=1S/C15H15N3O2S2/c1-2-16-15(21)17-11-3-7-13(8-4-11)22-14-9-5-12(6-10-14)18(19)20/h3-10H,2H2,1H3,(H2,16,17,21). The highest BCUT2D eigenvalue weighted by atomic mass is 32.2. The number of thiocarbonyl (C=S) groups is 1. The van der Waals surface area contributed by atoms with Gasteiger partial charge in [0.2, 0.25) is 0 Å². The summed E-state index contributed by atoms with van der Waals surface area (Å²) in [5.74, 6) is 0. The molecule has 0 aliphatic rings. The van der Waals surface area contributed by atoms with Crippen molar-refractivity contribution in [2.75, 3.05) is 11.9 Å². The van der Waals surface area contributed by atoms with E-state index in [0.717, 1.165) is 22.0 Å². The van der Waals surface area contributed by atoms with Crippen LogP contribution in [0.3, 0.4) is 0 Å². The minimum absolute atomic E-state index is 0.0980. The normalized spacial score (nSPS) is 10.0. The predicted octanol–water partition coefficient (Wildman–Crippen LogP) is 4.05. The number of non-ortho nitro benzene ring substituents is 1. The monoisotopic (exact) mass is 333 g/mol. The first-order valence-electron chi connectivity index (χ1n) is 6.65. The van der Waals surface area contributed by atoms with Gasteiger partial charge >= 0.3 is 0 Å². The molecule has 0 saturated carbocycles. The fourth-order valence-electron chi connectivity index (χ4n) is 1.71. The van der Waals surface area contributed by atoms with Gasteiger partial charge < -0.3 is 10.6 Å². The largest absolute Gasteiger partial charge is 0.363 e. The lowest BCUT2D eigenvalue weighted by atomic mass is 10.3. The Bertz CT molecular complexity index is 657. The van der Waals surface area contributed by atoms with Gasteiger partial charge in [-0.25, -0.2) is 0 Å². The summed E-state index contributed by atoms with van der Waals surface area (Å²) in [5, 5.41) is 17.3. The van der Waals surface area contributed by atoms with E-state index >= 15 is 0 Å². The molecule has 0 radical (unpaired) electrons. The molecule has 0 bridgehead atoms. The number of nitrogens with one attached hydrogen (secondary N) is 2. The van der Waals surface area contributed by atoms with Gasteiger partial charge in [-0.05, 0) is 55.5 Å². The Morgan fingerprint density at radius 2 is 1.68 bits per heavy atom. The van der Waals surface area contributed by atoms with Gasteiger partial charge in [0, 0.05) is 34.2 Å². The van der Waals surface area contributed by atoms with Crippen molar-refractivity contribution in [3.8, 4) is 0 Å². The van der Waals surface area contributed by atoms with Crippen LogP contribution in [-0.4, -0.2) is 16.6 Å². The van der Waals surface area contributed by atoms with Crippen LogP contribution in [0.25, 0.3) is 0 Å². The van der Waals surface area contributed by atoms with Crippen LogP contribution in [0, 0.1) is 10.1 Å². The molecule has 0 atom stereocenters. The first-order valence-corrected chi connectivity index (χ1v) is 7.88. The molecule has 2 aromatic carbocycles. The van der Waals surface area contributed by atoms with Crippen molar-refractivity contribution in [3.63, 3.8) is 0 Å². The van der Waals surface area contributed by atoms with Gasteiger partial charge in [0.05, 0.1) is 4.92 Å². The highest BCUT2D eigenvalue weighted by Crippen LogP contribution is 2.29. The van der Waals surface area contributed by atoms with E-state index < -0.39 is 4.92 Å². The zero-order valence-electron chi connectivity index (χ0n) is 11.9. The van der Waals surface area contributed by atoms with Gasteiger partial charge in [-0.1, -0.05) is 11.8 Å². The third-order valence-electron chi connectivity index (χ3n) is 2.73. The fraction of sp³-hybridized carbons (Fsp3) is 0.133. The van der Waals surface area contributed by atoms with Gasteiger partial charge in [0.25, 0.3) is 5.69 Å². The molecule has 0 unspecified atom stereocenters. The third-order valence-corrected chi connectivity index (χ3v) is 3.99. The van der Waals surface area contributed by atoms with Crippen LogP contribution in [0.5, 0.6) is 0 Å². The number of hydrogen-bond donors (Lipinski definition) is 2. The Morgan fingerprint density at radius 1 is 1.14 bits per heavy atom. The number of nitrogens with zero attached hydrogens (tertiary/aromatic N) is 1. The molecule has 0 saturated heterocycles. The zero-order valence-corrected chi connectivity index (χ0v) is 13.5. The van der Waals surface area contributed by atoms with Gasteiger partial charge in [0.1, 0.15) is 0 Å². The second-order valence-corrected chi connectivity index (χ2v) is 5.92. The maximum Gasteiger partial charge on any atom is 0.269 e. The summed E-state index contributed by atoms with van der Waals surface area (Å²) in [6.07, 6.45) is 0. The van der Waals surface area contributed by atoms with Gasteiger partial charge in [-0.2, -0.15) is 0 Å². The lowest BCUT2D eigenvalue weighted by Gasteiger charge is -2.09. The van der Waals surface area contributed by atoms with E-state index in [4.69, 9.17) is 12.2 Å². The molecule has 7 heteroatoms. The lowest BCUT2D eigenvalue weighted by molar-refractivity contribution is -0.384. The summed E-state index contributed by atoms with van der Waals surface area (Å²) < 4.78 is 0. The highest BCUT2D eigenvalue weighted by molar-refractivity contribution is 7.99. The van der Waals surface area contributed by atoms with Crippen LogP contribution in [0.2, 0.25) is 0 Å². The van der Waals surface area contributed by atoms with Crippen molar-refractivity contribution in [2.45, 2.75) is 16.7 Å². The SMILES string of the molecule is CCNC(=S)Nc1ccc(Sc2ccc([N+](=O)[O-])cc2)cc1. The zero-order chi connectivity index (χ0) is 15.9. The van der Waals surface area contributed by atoms with Gasteiger partial charge in [0.15, 0.2) is 5.11 Å². The first kappa shape index (κ1) is 16.3. The summed E-state index contributed by atoms with van der Waals surface area (Å²) in [7, 11) is 0. The summed E-state index contributed by atoms with van der Waals surface area (Å²) in [5.41, 5.74) is 1.01. The fourth-order valence-corrected chi connectivity index (χ4v) is 2.79. The van der Waals surface area contributed by atoms with E-state index in [0.29, 0.717) is 5.11 Å². The molecule has 0 aliphatic carbocycles. The first-order chi connectivity index (χ1) is 10.6. The second-order valence-electron chi connectivity index (χ2n) is 4.36.